The quantitative estimate of drug-likeness (QED) is 0.399. The van der Waals surface area contributed by atoms with Gasteiger partial charge in [0.1, 0.15) is 6.04 Å². The van der Waals surface area contributed by atoms with Crippen molar-refractivity contribution in [2.45, 2.75) is 30.2 Å². The van der Waals surface area contributed by atoms with E-state index in [2.05, 4.69) is 10.3 Å². The maximum Gasteiger partial charge on any atom is 0.326 e. The first-order valence-electron chi connectivity index (χ1n) is 10.7. The molecular formula is C24H25Cl2N3O4S. The number of carboxylic acid groups (broad SMARTS) is 1. The second-order valence-electron chi connectivity index (χ2n) is 7.88. The van der Waals surface area contributed by atoms with Crippen molar-refractivity contribution >= 4 is 58.8 Å². The topological polar surface area (TPSA) is 99.6 Å². The molecule has 2 aromatic rings. The van der Waals surface area contributed by atoms with Gasteiger partial charge in [-0.1, -0.05) is 29.3 Å². The second-order valence-corrected chi connectivity index (χ2v) is 9.48. The number of rotatable bonds is 8. The van der Waals surface area contributed by atoms with Gasteiger partial charge in [-0.3, -0.25) is 14.6 Å². The van der Waals surface area contributed by atoms with Gasteiger partial charge in [-0.05, 0) is 54.5 Å². The van der Waals surface area contributed by atoms with E-state index in [1.54, 1.807) is 35.5 Å². The first-order valence-corrected chi connectivity index (χ1v) is 12.7. The van der Waals surface area contributed by atoms with Crippen LogP contribution in [0.2, 0.25) is 10.0 Å². The number of pyridine rings is 1. The first kappa shape index (κ1) is 26.1. The van der Waals surface area contributed by atoms with Gasteiger partial charge < -0.3 is 15.3 Å². The average Bonchev–Trinajstić information content (AvgIpc) is 2.85. The number of hydrogen-bond acceptors (Lipinski definition) is 5. The molecular weight excluding hydrogens is 497 g/mol. The van der Waals surface area contributed by atoms with Gasteiger partial charge in [0, 0.05) is 48.8 Å². The summed E-state index contributed by atoms with van der Waals surface area (Å²) in [6.07, 6.45) is 9.25. The Morgan fingerprint density at radius 3 is 2.47 bits per heavy atom. The minimum absolute atomic E-state index is 0.177. The van der Waals surface area contributed by atoms with Crippen LogP contribution in [0.5, 0.6) is 0 Å². The average molecular weight is 522 g/mol. The number of aromatic nitrogens is 1. The van der Waals surface area contributed by atoms with Crippen molar-refractivity contribution in [2.24, 2.45) is 5.92 Å². The molecule has 7 nitrogen and oxygen atoms in total. The zero-order valence-electron chi connectivity index (χ0n) is 18.5. The molecule has 0 aliphatic carbocycles. The van der Waals surface area contributed by atoms with E-state index in [1.807, 2.05) is 18.4 Å². The lowest BCUT2D eigenvalue weighted by atomic mass is 9.95. The van der Waals surface area contributed by atoms with Crippen molar-refractivity contribution in [3.05, 3.63) is 63.9 Å². The number of aliphatic carboxylic acids is 1. The van der Waals surface area contributed by atoms with E-state index in [0.717, 1.165) is 10.5 Å². The van der Waals surface area contributed by atoms with E-state index in [-0.39, 0.29) is 24.2 Å². The Labute approximate surface area is 212 Å². The van der Waals surface area contributed by atoms with Crippen LogP contribution >= 0.6 is 35.0 Å². The van der Waals surface area contributed by atoms with Gasteiger partial charge >= 0.3 is 5.97 Å². The molecule has 1 fully saturated rings. The van der Waals surface area contributed by atoms with Crippen LogP contribution in [-0.4, -0.2) is 58.2 Å². The molecule has 1 aromatic carbocycles. The Balaban J connectivity index is 1.53. The molecule has 0 radical (unpaired) electrons. The predicted octanol–water partition coefficient (Wildman–Crippen LogP) is 4.17. The first-order chi connectivity index (χ1) is 16.3. The summed E-state index contributed by atoms with van der Waals surface area (Å²) >= 11 is 14.0. The van der Waals surface area contributed by atoms with Crippen LogP contribution in [-0.2, 0) is 20.8 Å². The van der Waals surface area contributed by atoms with Gasteiger partial charge in [0.2, 0.25) is 11.8 Å². The van der Waals surface area contributed by atoms with Gasteiger partial charge in [-0.25, -0.2) is 4.79 Å². The smallest absolute Gasteiger partial charge is 0.326 e. The minimum Gasteiger partial charge on any atom is -0.480 e. The molecule has 0 spiro atoms. The highest BCUT2D eigenvalue weighted by molar-refractivity contribution is 7.98. The number of nitrogens with zero attached hydrogens (tertiary/aromatic N) is 2. The summed E-state index contributed by atoms with van der Waals surface area (Å²) in [5.74, 6) is -1.92. The Morgan fingerprint density at radius 1 is 1.18 bits per heavy atom. The Morgan fingerprint density at radius 2 is 1.85 bits per heavy atom. The molecule has 2 N–H and O–H groups in total. The number of nitrogens with one attached hydrogen (secondary N) is 1. The highest BCUT2D eigenvalue weighted by Crippen LogP contribution is 2.35. The summed E-state index contributed by atoms with van der Waals surface area (Å²) in [6, 6.07) is 6.08. The van der Waals surface area contributed by atoms with Crippen molar-refractivity contribution in [3.63, 3.8) is 0 Å². The third-order valence-electron chi connectivity index (χ3n) is 5.68. The highest BCUT2D eigenvalue weighted by atomic mass is 35.5. The van der Waals surface area contributed by atoms with Crippen LogP contribution in [0.3, 0.4) is 0 Å². The number of likely N-dealkylation sites (tertiary alicyclic amines) is 1. The molecule has 0 bridgehead atoms. The van der Waals surface area contributed by atoms with Crippen LogP contribution in [0.15, 0.2) is 47.6 Å². The molecule has 1 aromatic heterocycles. The summed E-state index contributed by atoms with van der Waals surface area (Å²) in [5, 5.41) is 13.0. The Kier molecular flexibility index (Phi) is 9.38. The lowest BCUT2D eigenvalue weighted by Gasteiger charge is -2.31. The minimum atomic E-state index is -1.09. The lowest BCUT2D eigenvalue weighted by molar-refractivity contribution is -0.142. The fraction of sp³-hybridized carbons (Fsp3) is 0.333. The van der Waals surface area contributed by atoms with Crippen LogP contribution in [0.4, 0.5) is 0 Å². The van der Waals surface area contributed by atoms with Crippen LogP contribution in [0, 0.1) is 5.92 Å². The van der Waals surface area contributed by atoms with Gasteiger partial charge in [0.05, 0.1) is 10.0 Å². The van der Waals surface area contributed by atoms with Crippen LogP contribution in [0.1, 0.15) is 24.0 Å². The SMILES string of the molecule is CSc1ccc(/C=C/C(=O)N2CCC(C(=O)NC(Cc3ccncc3)C(=O)O)CC2)c(Cl)c1Cl. The van der Waals surface area contributed by atoms with Crippen molar-refractivity contribution in [1.82, 2.24) is 15.2 Å². The summed E-state index contributed by atoms with van der Waals surface area (Å²) in [6.45, 7) is 0.812. The predicted molar refractivity (Wildman–Crippen MR) is 134 cm³/mol. The molecule has 1 saturated heterocycles. The number of benzene rings is 1. The maximum atomic E-state index is 12.7. The van der Waals surface area contributed by atoms with Gasteiger partial charge in [-0.15, -0.1) is 11.8 Å². The zero-order chi connectivity index (χ0) is 24.7. The highest BCUT2D eigenvalue weighted by Gasteiger charge is 2.29. The normalized spacial score (nSPS) is 15.3. The van der Waals surface area contributed by atoms with E-state index < -0.39 is 12.0 Å². The largest absolute Gasteiger partial charge is 0.480 e. The standard InChI is InChI=1S/C24H25Cl2N3O4S/c1-34-19-4-2-16(21(25)22(19)26)3-5-20(30)29-12-8-17(9-13-29)23(31)28-18(24(32)33)14-15-6-10-27-11-7-15/h2-7,10-11,17-18H,8-9,12-14H2,1H3,(H,28,31)(H,32,33)/b5-3+. The number of carbonyl (C=O) groups excluding carboxylic acids is 2. The third kappa shape index (κ3) is 6.74. The van der Waals surface area contributed by atoms with E-state index in [9.17, 15) is 19.5 Å². The zero-order valence-corrected chi connectivity index (χ0v) is 20.9. The number of carbonyl (C=O) groups is 3. The second kappa shape index (κ2) is 12.2. The molecule has 1 atom stereocenters. The van der Waals surface area contributed by atoms with E-state index in [4.69, 9.17) is 23.2 Å². The summed E-state index contributed by atoms with van der Waals surface area (Å²) in [7, 11) is 0. The van der Waals surface area contributed by atoms with Gasteiger partial charge in [-0.2, -0.15) is 0 Å². The fourth-order valence-corrected chi connectivity index (χ4v) is 4.88. The Bertz CT molecular complexity index is 1070. The number of halogens is 2. The van der Waals surface area contributed by atoms with Crippen molar-refractivity contribution < 1.29 is 19.5 Å². The molecule has 1 unspecified atom stereocenters. The van der Waals surface area contributed by atoms with Gasteiger partial charge in [0.25, 0.3) is 0 Å². The molecule has 0 saturated carbocycles. The summed E-state index contributed by atoms with van der Waals surface area (Å²) < 4.78 is 0. The van der Waals surface area contributed by atoms with Crippen LogP contribution < -0.4 is 5.32 Å². The molecule has 1 aliphatic rings. The monoisotopic (exact) mass is 521 g/mol. The van der Waals surface area contributed by atoms with E-state index in [0.29, 0.717) is 41.5 Å². The number of hydrogen-bond donors (Lipinski definition) is 2. The maximum absolute atomic E-state index is 12.7. The summed E-state index contributed by atoms with van der Waals surface area (Å²) in [4.78, 5) is 43.4. The number of thioether (sulfide) groups is 1. The number of piperidine rings is 1. The van der Waals surface area contributed by atoms with Gasteiger partial charge in [0.15, 0.2) is 0 Å². The molecule has 10 heteroatoms. The third-order valence-corrected chi connectivity index (χ3v) is 7.47. The van der Waals surface area contributed by atoms with Crippen molar-refractivity contribution in [2.75, 3.05) is 19.3 Å². The number of carboxylic acids is 1. The lowest BCUT2D eigenvalue weighted by Crippen LogP contribution is -2.48. The van der Waals surface area contributed by atoms with E-state index in [1.165, 1.54) is 17.8 Å². The van der Waals surface area contributed by atoms with Crippen LogP contribution in [0.25, 0.3) is 6.08 Å². The van der Waals surface area contributed by atoms with E-state index >= 15 is 0 Å². The summed E-state index contributed by atoms with van der Waals surface area (Å²) in [5.41, 5.74) is 1.43. The number of amides is 2. The molecule has 3 rings (SSSR count). The Hall–Kier alpha value is -2.55. The van der Waals surface area contributed by atoms with Crippen molar-refractivity contribution in [1.29, 1.82) is 0 Å². The molecule has 2 amide bonds. The van der Waals surface area contributed by atoms with Crippen molar-refractivity contribution in [3.8, 4) is 0 Å². The molecule has 2 heterocycles. The fourth-order valence-electron chi connectivity index (χ4n) is 3.71. The molecule has 180 valence electrons. The molecule has 1 aliphatic heterocycles. The molecule has 34 heavy (non-hydrogen) atoms.